The van der Waals surface area contributed by atoms with Crippen LogP contribution in [0.3, 0.4) is 0 Å². The summed E-state index contributed by atoms with van der Waals surface area (Å²) in [7, 11) is 1.79. The van der Waals surface area contributed by atoms with Gasteiger partial charge in [-0.2, -0.15) is 23.3 Å². The molecule has 3 rings (SSSR count). The maximum absolute atomic E-state index is 13.1. The summed E-state index contributed by atoms with van der Waals surface area (Å²) in [6.45, 7) is 0.547. The van der Waals surface area contributed by atoms with E-state index in [1.54, 1.807) is 11.9 Å². The SMILES string of the molecule is CN(Cc1ccccc1)c1nncc(Nc2ccccc2C(F)(F)F)n1. The van der Waals surface area contributed by atoms with Gasteiger partial charge in [0.2, 0.25) is 5.95 Å². The van der Waals surface area contributed by atoms with E-state index in [4.69, 9.17) is 0 Å². The molecule has 0 amide bonds. The summed E-state index contributed by atoms with van der Waals surface area (Å²) in [5.41, 5.74) is 0.203. The minimum atomic E-state index is -4.46. The van der Waals surface area contributed by atoms with Gasteiger partial charge in [0, 0.05) is 13.6 Å². The number of para-hydroxylation sites is 1. The molecule has 0 bridgehead atoms. The summed E-state index contributed by atoms with van der Waals surface area (Å²) < 4.78 is 39.3. The molecule has 0 saturated carbocycles. The lowest BCUT2D eigenvalue weighted by molar-refractivity contribution is -0.136. The number of aromatic nitrogens is 3. The van der Waals surface area contributed by atoms with Crippen LogP contribution in [0.25, 0.3) is 0 Å². The Morgan fingerprint density at radius 1 is 1.00 bits per heavy atom. The van der Waals surface area contributed by atoms with Crippen LogP contribution in [-0.4, -0.2) is 22.2 Å². The average molecular weight is 359 g/mol. The maximum atomic E-state index is 13.1. The summed E-state index contributed by atoms with van der Waals surface area (Å²) in [6, 6.07) is 14.9. The normalized spacial score (nSPS) is 11.2. The second-order valence-electron chi connectivity index (χ2n) is 5.65. The first-order valence-corrected chi connectivity index (χ1v) is 7.81. The van der Waals surface area contributed by atoms with Crippen LogP contribution in [0.1, 0.15) is 11.1 Å². The Bertz CT molecular complexity index is 868. The van der Waals surface area contributed by atoms with E-state index in [0.717, 1.165) is 11.6 Å². The molecule has 0 fully saturated rings. The third-order valence-corrected chi connectivity index (χ3v) is 3.65. The first kappa shape index (κ1) is 17.7. The van der Waals surface area contributed by atoms with Gasteiger partial charge in [-0.05, 0) is 17.7 Å². The quantitative estimate of drug-likeness (QED) is 0.737. The molecule has 0 saturated heterocycles. The van der Waals surface area contributed by atoms with Crippen LogP contribution in [0.4, 0.5) is 30.6 Å². The maximum Gasteiger partial charge on any atom is 0.418 e. The van der Waals surface area contributed by atoms with Gasteiger partial charge in [-0.25, -0.2) is 0 Å². The summed E-state index contributed by atoms with van der Waals surface area (Å²) in [5, 5.41) is 10.5. The lowest BCUT2D eigenvalue weighted by atomic mass is 10.1. The molecule has 3 aromatic rings. The molecule has 0 unspecified atom stereocenters. The van der Waals surface area contributed by atoms with Crippen molar-refractivity contribution in [2.75, 3.05) is 17.3 Å². The van der Waals surface area contributed by atoms with Crippen molar-refractivity contribution in [3.8, 4) is 0 Å². The Labute approximate surface area is 148 Å². The molecular weight excluding hydrogens is 343 g/mol. The number of hydrogen-bond acceptors (Lipinski definition) is 5. The van der Waals surface area contributed by atoms with Crippen molar-refractivity contribution in [1.29, 1.82) is 0 Å². The third-order valence-electron chi connectivity index (χ3n) is 3.65. The number of nitrogens with one attached hydrogen (secondary N) is 1. The van der Waals surface area contributed by atoms with Gasteiger partial charge in [-0.1, -0.05) is 42.5 Å². The lowest BCUT2D eigenvalue weighted by Crippen LogP contribution is -2.20. The van der Waals surface area contributed by atoms with Crippen LogP contribution in [0, 0.1) is 0 Å². The second kappa shape index (κ2) is 7.38. The molecule has 2 aromatic carbocycles. The van der Waals surface area contributed by atoms with E-state index in [9.17, 15) is 13.2 Å². The average Bonchev–Trinajstić information content (AvgIpc) is 2.62. The first-order valence-electron chi connectivity index (χ1n) is 7.81. The smallest absolute Gasteiger partial charge is 0.338 e. The summed E-state index contributed by atoms with van der Waals surface area (Å²) in [5.74, 6) is 0.495. The topological polar surface area (TPSA) is 53.9 Å². The fraction of sp³-hybridized carbons (Fsp3) is 0.167. The van der Waals surface area contributed by atoms with E-state index in [0.29, 0.717) is 12.5 Å². The zero-order chi connectivity index (χ0) is 18.6. The van der Waals surface area contributed by atoms with Crippen molar-refractivity contribution in [1.82, 2.24) is 15.2 Å². The zero-order valence-electron chi connectivity index (χ0n) is 13.9. The van der Waals surface area contributed by atoms with E-state index >= 15 is 0 Å². The Hall–Kier alpha value is -3.16. The number of alkyl halides is 3. The summed E-state index contributed by atoms with van der Waals surface area (Å²) >= 11 is 0. The zero-order valence-corrected chi connectivity index (χ0v) is 13.9. The summed E-state index contributed by atoms with van der Waals surface area (Å²) in [6.07, 6.45) is -3.18. The highest BCUT2D eigenvalue weighted by atomic mass is 19.4. The molecular formula is C18H16F3N5. The highest BCUT2D eigenvalue weighted by molar-refractivity contribution is 5.61. The molecule has 134 valence electrons. The van der Waals surface area contributed by atoms with Gasteiger partial charge in [-0.3, -0.25) is 0 Å². The molecule has 5 nitrogen and oxygen atoms in total. The van der Waals surface area contributed by atoms with Gasteiger partial charge in [0.25, 0.3) is 0 Å². The number of halogens is 3. The Morgan fingerprint density at radius 3 is 2.42 bits per heavy atom. The number of rotatable bonds is 5. The third kappa shape index (κ3) is 4.27. The van der Waals surface area contributed by atoms with Crippen molar-refractivity contribution in [3.05, 3.63) is 71.9 Å². The van der Waals surface area contributed by atoms with Crippen LogP contribution in [-0.2, 0) is 12.7 Å². The van der Waals surface area contributed by atoms with Crippen molar-refractivity contribution in [2.45, 2.75) is 12.7 Å². The van der Waals surface area contributed by atoms with E-state index in [1.165, 1.54) is 24.4 Å². The number of nitrogens with zero attached hydrogens (tertiary/aromatic N) is 4. The van der Waals surface area contributed by atoms with Gasteiger partial charge < -0.3 is 10.2 Å². The van der Waals surface area contributed by atoms with Gasteiger partial charge in [-0.15, -0.1) is 5.10 Å². The first-order chi connectivity index (χ1) is 12.4. The van der Waals surface area contributed by atoms with Gasteiger partial charge >= 0.3 is 6.18 Å². The van der Waals surface area contributed by atoms with Gasteiger partial charge in [0.05, 0.1) is 17.4 Å². The van der Waals surface area contributed by atoms with Crippen LogP contribution in [0.2, 0.25) is 0 Å². The molecule has 1 aromatic heterocycles. The molecule has 26 heavy (non-hydrogen) atoms. The molecule has 1 heterocycles. The highest BCUT2D eigenvalue weighted by Gasteiger charge is 2.33. The monoisotopic (exact) mass is 359 g/mol. The fourth-order valence-electron chi connectivity index (χ4n) is 2.42. The minimum absolute atomic E-state index is 0.0860. The standard InChI is InChI=1S/C18H16F3N5/c1-26(12-13-7-3-2-4-8-13)17-24-16(11-22-25-17)23-15-10-6-5-9-14(15)18(19,20)21/h2-11H,12H2,1H3,(H,23,24,25). The van der Waals surface area contributed by atoms with Gasteiger partial charge in [0.15, 0.2) is 5.82 Å². The highest BCUT2D eigenvalue weighted by Crippen LogP contribution is 2.35. The van der Waals surface area contributed by atoms with Crippen LogP contribution >= 0.6 is 0 Å². The molecule has 0 radical (unpaired) electrons. The minimum Gasteiger partial charge on any atom is -0.338 e. The fourth-order valence-corrected chi connectivity index (χ4v) is 2.42. The van der Waals surface area contributed by atoms with Crippen molar-refractivity contribution in [2.24, 2.45) is 0 Å². The number of anilines is 3. The predicted octanol–water partition coefficient (Wildman–Crippen LogP) is 4.27. The van der Waals surface area contributed by atoms with E-state index in [2.05, 4.69) is 20.5 Å². The molecule has 8 heteroatoms. The van der Waals surface area contributed by atoms with Crippen molar-refractivity contribution in [3.63, 3.8) is 0 Å². The largest absolute Gasteiger partial charge is 0.418 e. The molecule has 0 aliphatic carbocycles. The molecule has 0 aliphatic rings. The second-order valence-corrected chi connectivity index (χ2v) is 5.65. The number of hydrogen-bond donors (Lipinski definition) is 1. The Morgan fingerprint density at radius 2 is 1.69 bits per heavy atom. The molecule has 1 N–H and O–H groups in total. The Balaban J connectivity index is 1.80. The van der Waals surface area contributed by atoms with E-state index in [-0.39, 0.29) is 11.5 Å². The number of benzene rings is 2. The molecule has 0 aliphatic heterocycles. The lowest BCUT2D eigenvalue weighted by Gasteiger charge is -2.18. The molecule has 0 atom stereocenters. The van der Waals surface area contributed by atoms with Crippen molar-refractivity contribution >= 4 is 17.5 Å². The van der Waals surface area contributed by atoms with Crippen LogP contribution in [0.15, 0.2) is 60.8 Å². The predicted molar refractivity (Wildman–Crippen MR) is 93.1 cm³/mol. The van der Waals surface area contributed by atoms with E-state index < -0.39 is 11.7 Å². The Kier molecular flexibility index (Phi) is 5.01. The summed E-state index contributed by atoms with van der Waals surface area (Å²) in [4.78, 5) is 6.03. The van der Waals surface area contributed by atoms with Crippen LogP contribution < -0.4 is 10.2 Å². The van der Waals surface area contributed by atoms with Crippen LogP contribution in [0.5, 0.6) is 0 Å². The van der Waals surface area contributed by atoms with E-state index in [1.807, 2.05) is 30.3 Å². The molecule has 0 spiro atoms. The van der Waals surface area contributed by atoms with Gasteiger partial charge in [0.1, 0.15) is 0 Å². The van der Waals surface area contributed by atoms with Crippen molar-refractivity contribution < 1.29 is 13.2 Å².